The molecule has 2 aromatic carbocycles. The first kappa shape index (κ1) is 40.6. The quantitative estimate of drug-likeness (QED) is 0.149. The van der Waals surface area contributed by atoms with Gasteiger partial charge in [-0.05, 0) is 117 Å². The Morgan fingerprint density at radius 2 is 1.56 bits per heavy atom. The van der Waals surface area contributed by atoms with Crippen molar-refractivity contribution in [3.8, 4) is 33.9 Å². The molecule has 0 radical (unpaired) electrons. The fraction of sp³-hybridized carbons (Fsp3) is 0.460. The van der Waals surface area contributed by atoms with Gasteiger partial charge in [0.15, 0.2) is 0 Å². The number of carbonyl (C=O) groups excluding carboxylic acids is 3. The van der Waals surface area contributed by atoms with Crippen molar-refractivity contribution in [2.45, 2.75) is 108 Å². The third-order valence-electron chi connectivity index (χ3n) is 13.9. The van der Waals surface area contributed by atoms with Gasteiger partial charge in [-0.1, -0.05) is 31.2 Å². The second-order valence-electron chi connectivity index (χ2n) is 18.0. The van der Waals surface area contributed by atoms with E-state index in [-0.39, 0.29) is 36.5 Å². The first-order valence-electron chi connectivity index (χ1n) is 22.7. The van der Waals surface area contributed by atoms with Crippen molar-refractivity contribution in [2.24, 2.45) is 0 Å². The van der Waals surface area contributed by atoms with Crippen LogP contribution in [0.4, 0.5) is 0 Å². The van der Waals surface area contributed by atoms with E-state index in [1.54, 1.807) is 6.07 Å². The average molecular weight is 837 g/mol. The van der Waals surface area contributed by atoms with Crippen LogP contribution < -0.4 is 14.8 Å². The Hall–Kier alpha value is -5.43. The molecule has 1 N–H and O–H groups in total. The van der Waals surface area contributed by atoms with Crippen molar-refractivity contribution in [3.63, 3.8) is 0 Å². The van der Waals surface area contributed by atoms with Crippen molar-refractivity contribution in [2.75, 3.05) is 39.3 Å². The van der Waals surface area contributed by atoms with Gasteiger partial charge >= 0.3 is 0 Å². The molecule has 12 nitrogen and oxygen atoms in total. The lowest BCUT2D eigenvalue weighted by Crippen LogP contribution is -2.54. The molecule has 62 heavy (non-hydrogen) atoms. The lowest BCUT2D eigenvalue weighted by atomic mass is 9.90. The summed E-state index contributed by atoms with van der Waals surface area (Å²) in [6.07, 6.45) is 16.4. The Labute approximate surface area is 363 Å². The summed E-state index contributed by atoms with van der Waals surface area (Å²) in [5.41, 5.74) is 9.61. The van der Waals surface area contributed by atoms with E-state index in [1.165, 1.54) is 32.7 Å². The normalized spacial score (nSPS) is 25.0. The number of ether oxygens (including phenoxy) is 3. The smallest absolute Gasteiger partial charge is 0.259 e. The summed E-state index contributed by atoms with van der Waals surface area (Å²) in [6.45, 7) is 10.2. The highest BCUT2D eigenvalue weighted by Crippen LogP contribution is 2.41. The minimum absolute atomic E-state index is 0.101. The maximum atomic E-state index is 13.3. The van der Waals surface area contributed by atoms with E-state index in [2.05, 4.69) is 57.4 Å². The fourth-order valence-corrected chi connectivity index (χ4v) is 10.3. The summed E-state index contributed by atoms with van der Waals surface area (Å²) in [5, 5.41) is 2.38. The predicted molar refractivity (Wildman–Crippen MR) is 236 cm³/mol. The van der Waals surface area contributed by atoms with Crippen LogP contribution in [0.25, 0.3) is 28.0 Å². The summed E-state index contributed by atoms with van der Waals surface area (Å²) in [4.78, 5) is 53.3. The predicted octanol–water partition coefficient (Wildman–Crippen LogP) is 7.03. The van der Waals surface area contributed by atoms with Crippen LogP contribution in [0.5, 0.6) is 11.6 Å². The number of fused-ring (bicyclic) bond motifs is 4. The van der Waals surface area contributed by atoms with Crippen LogP contribution in [-0.4, -0.2) is 112 Å². The molecule has 12 heteroatoms. The van der Waals surface area contributed by atoms with Crippen LogP contribution in [0.3, 0.4) is 0 Å². The van der Waals surface area contributed by atoms with E-state index < -0.39 is 11.9 Å². The fourth-order valence-electron chi connectivity index (χ4n) is 10.3. The van der Waals surface area contributed by atoms with E-state index in [0.29, 0.717) is 35.6 Å². The second-order valence-corrected chi connectivity index (χ2v) is 18.0. The summed E-state index contributed by atoms with van der Waals surface area (Å²) in [5.74, 6) is 0.939. The molecule has 0 bridgehead atoms. The van der Waals surface area contributed by atoms with E-state index >= 15 is 0 Å². The molecule has 4 aliphatic heterocycles. The number of imide groups is 1. The maximum Gasteiger partial charge on any atom is 0.259 e. The molecule has 6 aliphatic rings. The first-order valence-corrected chi connectivity index (χ1v) is 22.7. The van der Waals surface area contributed by atoms with Gasteiger partial charge in [-0.15, -0.1) is 0 Å². The van der Waals surface area contributed by atoms with Crippen molar-refractivity contribution < 1.29 is 28.6 Å². The number of rotatable bonds is 12. The Kier molecular flexibility index (Phi) is 11.4. The largest absolute Gasteiger partial charge is 0.488 e. The maximum absolute atomic E-state index is 13.3. The number of pyridine rings is 2. The molecule has 3 amide bonds. The molecular formula is C50H56N6O6. The molecule has 2 unspecified atom stereocenters. The third-order valence-corrected chi connectivity index (χ3v) is 13.9. The lowest BCUT2D eigenvalue weighted by molar-refractivity contribution is -0.136. The van der Waals surface area contributed by atoms with Crippen molar-refractivity contribution in [1.82, 2.24) is 30.0 Å². The molecule has 2 aliphatic carbocycles. The van der Waals surface area contributed by atoms with Crippen LogP contribution in [0.1, 0.15) is 98.2 Å². The number of hydrogen-bond donors (Lipinski definition) is 1. The first-order chi connectivity index (χ1) is 30.3. The number of aryl methyl sites for hydroxylation is 1. The van der Waals surface area contributed by atoms with Crippen LogP contribution in [0.2, 0.25) is 0 Å². The van der Waals surface area contributed by atoms with Gasteiger partial charge in [0.1, 0.15) is 24.0 Å². The van der Waals surface area contributed by atoms with E-state index in [9.17, 15) is 14.4 Å². The van der Waals surface area contributed by atoms with Crippen molar-refractivity contribution in [1.29, 1.82) is 0 Å². The highest BCUT2D eigenvalue weighted by molar-refractivity contribution is 6.13. The van der Waals surface area contributed by atoms with Gasteiger partial charge in [0, 0.05) is 98.0 Å². The van der Waals surface area contributed by atoms with Crippen molar-refractivity contribution >= 4 is 23.4 Å². The molecule has 4 fully saturated rings. The van der Waals surface area contributed by atoms with Gasteiger partial charge in [0.05, 0.1) is 12.2 Å². The number of nitrogens with one attached hydrogen (secondary N) is 1. The molecule has 6 heterocycles. The summed E-state index contributed by atoms with van der Waals surface area (Å²) >= 11 is 0. The molecule has 10 rings (SSSR count). The molecule has 0 spiro atoms. The molecule has 3 saturated heterocycles. The summed E-state index contributed by atoms with van der Waals surface area (Å²) in [6, 6.07) is 17.9. The molecular weight excluding hydrogens is 781 g/mol. The number of hydrogen-bond acceptors (Lipinski definition) is 10. The molecule has 2 atom stereocenters. The zero-order valence-corrected chi connectivity index (χ0v) is 35.8. The Bertz CT molecular complexity index is 2360. The zero-order valence-electron chi connectivity index (χ0n) is 35.8. The van der Waals surface area contributed by atoms with Crippen LogP contribution in [0.15, 0.2) is 79.3 Å². The molecule has 1 saturated carbocycles. The van der Waals surface area contributed by atoms with Gasteiger partial charge in [0.25, 0.3) is 5.91 Å². The van der Waals surface area contributed by atoms with Gasteiger partial charge in [-0.2, -0.15) is 0 Å². The van der Waals surface area contributed by atoms with Gasteiger partial charge < -0.3 is 19.1 Å². The number of likely N-dealkylation sites (tertiary alicyclic amines) is 2. The number of allylic oxidation sites excluding steroid dienone is 1. The van der Waals surface area contributed by atoms with E-state index in [0.717, 1.165) is 101 Å². The number of nitrogens with zero attached hydrogens (tertiary/aromatic N) is 5. The average Bonchev–Trinajstić information content (AvgIpc) is 3.45. The van der Waals surface area contributed by atoms with Crippen molar-refractivity contribution in [3.05, 3.63) is 102 Å². The molecule has 2 aromatic heterocycles. The minimum Gasteiger partial charge on any atom is -0.488 e. The van der Waals surface area contributed by atoms with Gasteiger partial charge in [-0.3, -0.25) is 34.5 Å². The Balaban J connectivity index is 0.611. The number of piperidine rings is 2. The topological polar surface area (TPSA) is 126 Å². The van der Waals surface area contributed by atoms with E-state index in [1.807, 2.05) is 49.8 Å². The number of aromatic nitrogens is 2. The lowest BCUT2D eigenvalue weighted by Gasteiger charge is -2.40. The molecule has 4 aromatic rings. The Morgan fingerprint density at radius 3 is 2.35 bits per heavy atom. The summed E-state index contributed by atoms with van der Waals surface area (Å²) in [7, 11) is 0. The van der Waals surface area contributed by atoms with E-state index in [4.69, 9.17) is 19.2 Å². The van der Waals surface area contributed by atoms with Crippen LogP contribution in [-0.2, 0) is 20.7 Å². The monoisotopic (exact) mass is 836 g/mol. The van der Waals surface area contributed by atoms with Crippen LogP contribution in [0, 0.1) is 0 Å². The number of carbonyl (C=O) groups is 3. The number of benzene rings is 2. The van der Waals surface area contributed by atoms with Crippen LogP contribution >= 0.6 is 0 Å². The Morgan fingerprint density at radius 1 is 0.758 bits per heavy atom. The standard InChI is InChI=1S/C50H56N6O6/c1-3-45-43-26-36(9-11-41(43)50(59)56(45)46-12-13-47(57)53-49(46)58)61-39-29-55(30-39)20-4-19-54-21-16-35(17-22-54)60-37-24-38(25-37)62-48-14-8-34(27-52-48)33-7-10-40-42(23-33)31(2)5-6-32-15-18-51-28-44(32)40/h3,7-11,14-15,18,23,26-28,31,35,37-39,46H,4-6,12-13,16-17,19-22,24-25,29-30H2,1-2H3,(H,53,57,58)/b45-3-. The zero-order chi connectivity index (χ0) is 42.3. The number of amides is 3. The van der Waals surface area contributed by atoms with Gasteiger partial charge in [0.2, 0.25) is 17.7 Å². The highest BCUT2D eigenvalue weighted by Gasteiger charge is 2.42. The molecule has 322 valence electrons. The summed E-state index contributed by atoms with van der Waals surface area (Å²) < 4.78 is 19.1. The SMILES string of the molecule is C/C=C1/c2cc(OC3CN(CCCN4CCC(OC5CC(Oc6ccc(-c7ccc8c(c7)C(C)CCc7ccncc7-8)cn6)C5)CC4)C3)ccc2C(=O)N1C1CCC(=O)NC1=O. The highest BCUT2D eigenvalue weighted by atomic mass is 16.5. The minimum atomic E-state index is -0.696. The second kappa shape index (κ2) is 17.4. The van der Waals surface area contributed by atoms with Gasteiger partial charge in [-0.25, -0.2) is 4.98 Å². The third kappa shape index (κ3) is 8.27.